The monoisotopic (exact) mass is 482 g/mol. The van der Waals surface area contributed by atoms with Crippen molar-refractivity contribution >= 4 is 34.4 Å². The highest BCUT2D eigenvalue weighted by atomic mass is 127. The highest BCUT2D eigenvalue weighted by molar-refractivity contribution is 14.1. The van der Waals surface area contributed by atoms with Gasteiger partial charge in [-0.3, -0.25) is 20.4 Å². The Bertz CT molecular complexity index is 808. The van der Waals surface area contributed by atoms with Crippen molar-refractivity contribution in [2.24, 2.45) is 5.92 Å². The summed E-state index contributed by atoms with van der Waals surface area (Å²) < 4.78 is 11.7. The lowest BCUT2D eigenvalue weighted by molar-refractivity contribution is 0.0844. The number of rotatable bonds is 7. The van der Waals surface area contributed by atoms with E-state index in [1.165, 1.54) is 0 Å². The molecule has 2 N–H and O–H groups in total. The van der Waals surface area contributed by atoms with Crippen molar-refractivity contribution in [3.8, 4) is 11.5 Å². The average molecular weight is 482 g/mol. The smallest absolute Gasteiger partial charge is 0.273 e. The van der Waals surface area contributed by atoms with Crippen LogP contribution in [0, 0.1) is 9.49 Å². The van der Waals surface area contributed by atoms with Crippen molar-refractivity contribution in [3.63, 3.8) is 0 Å². The molecule has 0 aliphatic heterocycles. The van der Waals surface area contributed by atoms with E-state index >= 15 is 0 Å². The fourth-order valence-electron chi connectivity index (χ4n) is 2.25. The zero-order chi connectivity index (χ0) is 19.8. The van der Waals surface area contributed by atoms with Crippen LogP contribution in [-0.4, -0.2) is 25.5 Å². The largest absolute Gasteiger partial charge is 0.496 e. The Balaban J connectivity index is 1.99. The molecule has 6 nitrogen and oxygen atoms in total. The van der Waals surface area contributed by atoms with Crippen LogP contribution in [0.4, 0.5) is 0 Å². The molecule has 0 unspecified atom stereocenters. The number of amides is 2. The van der Waals surface area contributed by atoms with Gasteiger partial charge in [-0.1, -0.05) is 26.0 Å². The quantitative estimate of drug-likeness (QED) is 0.465. The minimum Gasteiger partial charge on any atom is -0.496 e. The molecule has 27 heavy (non-hydrogen) atoms. The Morgan fingerprint density at radius 3 is 2.41 bits per heavy atom. The van der Waals surface area contributed by atoms with Crippen LogP contribution in [0.3, 0.4) is 0 Å². The number of hydrogen-bond acceptors (Lipinski definition) is 4. The van der Waals surface area contributed by atoms with E-state index in [1.807, 2.05) is 0 Å². The molecule has 0 radical (unpaired) electrons. The lowest BCUT2D eigenvalue weighted by Gasteiger charge is -2.13. The van der Waals surface area contributed by atoms with Gasteiger partial charge in [0.15, 0.2) is 0 Å². The summed E-state index contributed by atoms with van der Waals surface area (Å²) in [4.78, 5) is 24.7. The van der Waals surface area contributed by atoms with Gasteiger partial charge in [-0.25, -0.2) is 0 Å². The summed E-state index contributed by atoms with van der Waals surface area (Å²) in [5.41, 5.74) is 5.64. The maximum Gasteiger partial charge on any atom is 0.273 e. The number of benzene rings is 2. The second-order valence-electron chi connectivity index (χ2n) is 6.28. The second kappa shape index (κ2) is 10.1. The molecule has 0 heterocycles. The summed E-state index contributed by atoms with van der Waals surface area (Å²) in [5, 5.41) is 0. The number of hydrogen-bond donors (Lipinski definition) is 2. The van der Waals surface area contributed by atoms with Crippen molar-refractivity contribution in [3.05, 3.63) is 57.2 Å². The minimum atomic E-state index is -0.438. The van der Waals surface area contributed by atoms with Crippen LogP contribution < -0.4 is 20.3 Å². The Hall–Kier alpha value is -2.29. The number of hydrazine groups is 1. The fourth-order valence-corrected chi connectivity index (χ4v) is 2.98. The second-order valence-corrected chi connectivity index (χ2v) is 7.45. The fraction of sp³-hybridized carbons (Fsp3) is 0.300. The van der Waals surface area contributed by atoms with Crippen LogP contribution in [0.15, 0.2) is 42.5 Å². The van der Waals surface area contributed by atoms with E-state index in [9.17, 15) is 9.59 Å². The van der Waals surface area contributed by atoms with E-state index in [-0.39, 0.29) is 0 Å². The van der Waals surface area contributed by atoms with E-state index in [2.05, 4.69) is 47.3 Å². The predicted octanol–water partition coefficient (Wildman–Crippen LogP) is 3.80. The first kappa shape index (κ1) is 21.0. The van der Waals surface area contributed by atoms with Crippen LogP contribution in [0.2, 0.25) is 0 Å². The molecule has 0 fully saturated rings. The highest BCUT2D eigenvalue weighted by Gasteiger charge is 2.14. The molecule has 2 rings (SSSR count). The first-order valence-corrected chi connectivity index (χ1v) is 9.66. The van der Waals surface area contributed by atoms with Gasteiger partial charge in [0.1, 0.15) is 11.5 Å². The maximum atomic E-state index is 12.4. The SMILES string of the molecule is COc1ccc(C(=O)NNC(=O)c2ccccc2OCCC(C)C)cc1I. The molecule has 0 aliphatic carbocycles. The third-order valence-electron chi connectivity index (χ3n) is 3.79. The summed E-state index contributed by atoms with van der Waals surface area (Å²) >= 11 is 2.08. The number of ether oxygens (including phenoxy) is 2. The van der Waals surface area contributed by atoms with Crippen LogP contribution in [0.5, 0.6) is 11.5 Å². The van der Waals surface area contributed by atoms with Crippen LogP contribution in [0.1, 0.15) is 41.0 Å². The number of nitrogens with one attached hydrogen (secondary N) is 2. The molecule has 0 atom stereocenters. The van der Waals surface area contributed by atoms with Gasteiger partial charge >= 0.3 is 0 Å². The Morgan fingerprint density at radius 1 is 1.04 bits per heavy atom. The summed E-state index contributed by atoms with van der Waals surface area (Å²) in [5.74, 6) is 0.832. The third-order valence-corrected chi connectivity index (χ3v) is 4.63. The van der Waals surface area contributed by atoms with E-state index in [1.54, 1.807) is 49.6 Å². The zero-order valence-electron chi connectivity index (χ0n) is 15.5. The third kappa shape index (κ3) is 6.13. The number of carbonyl (C=O) groups excluding carboxylic acids is 2. The molecule has 2 aromatic rings. The van der Waals surface area contributed by atoms with Crippen molar-refractivity contribution in [1.29, 1.82) is 0 Å². The van der Waals surface area contributed by atoms with Gasteiger partial charge in [0, 0.05) is 5.56 Å². The molecule has 0 saturated carbocycles. The molecule has 0 aliphatic rings. The lowest BCUT2D eigenvalue weighted by atomic mass is 10.1. The predicted molar refractivity (Wildman–Crippen MR) is 112 cm³/mol. The zero-order valence-corrected chi connectivity index (χ0v) is 17.7. The minimum absolute atomic E-state index is 0.367. The Morgan fingerprint density at radius 2 is 1.74 bits per heavy atom. The Kier molecular flexibility index (Phi) is 7.90. The maximum absolute atomic E-state index is 12.4. The standard InChI is InChI=1S/C20H23IN2O4/c1-13(2)10-11-27-17-7-5-4-6-15(17)20(25)23-22-19(24)14-8-9-18(26-3)16(21)12-14/h4-9,12-13H,10-11H2,1-3H3,(H,22,24)(H,23,25). The van der Waals surface area contributed by atoms with Crippen molar-refractivity contribution in [1.82, 2.24) is 10.9 Å². The van der Waals surface area contributed by atoms with Gasteiger partial charge < -0.3 is 9.47 Å². The van der Waals surface area contributed by atoms with Crippen LogP contribution in [0.25, 0.3) is 0 Å². The number of carbonyl (C=O) groups is 2. The van der Waals surface area contributed by atoms with Gasteiger partial charge in [0.2, 0.25) is 0 Å². The van der Waals surface area contributed by atoms with Crippen LogP contribution >= 0.6 is 22.6 Å². The van der Waals surface area contributed by atoms with E-state index < -0.39 is 11.8 Å². The van der Waals surface area contributed by atoms with Gasteiger partial charge in [-0.05, 0) is 65.3 Å². The number of para-hydroxylation sites is 1. The first-order chi connectivity index (χ1) is 12.9. The van der Waals surface area contributed by atoms with Crippen LogP contribution in [-0.2, 0) is 0 Å². The number of halogens is 1. The first-order valence-electron chi connectivity index (χ1n) is 8.58. The molecule has 144 valence electrons. The van der Waals surface area contributed by atoms with Crippen molar-refractivity contribution < 1.29 is 19.1 Å². The van der Waals surface area contributed by atoms with Gasteiger partial charge in [-0.2, -0.15) is 0 Å². The molecular weight excluding hydrogens is 459 g/mol. The highest BCUT2D eigenvalue weighted by Crippen LogP contribution is 2.21. The molecular formula is C20H23IN2O4. The topological polar surface area (TPSA) is 76.7 Å². The number of methoxy groups -OCH3 is 1. The van der Waals surface area contributed by atoms with Crippen molar-refractivity contribution in [2.75, 3.05) is 13.7 Å². The van der Waals surface area contributed by atoms with Gasteiger partial charge in [-0.15, -0.1) is 0 Å². The molecule has 0 bridgehead atoms. The summed E-state index contributed by atoms with van der Waals surface area (Å²) in [6.45, 7) is 4.74. The van der Waals surface area contributed by atoms with Crippen molar-refractivity contribution in [2.45, 2.75) is 20.3 Å². The molecule has 2 amide bonds. The summed E-state index contributed by atoms with van der Waals surface area (Å²) in [6, 6.07) is 12.0. The van der Waals surface area contributed by atoms with E-state index in [0.29, 0.717) is 35.2 Å². The summed E-state index contributed by atoms with van der Waals surface area (Å²) in [6.07, 6.45) is 0.892. The summed E-state index contributed by atoms with van der Waals surface area (Å²) in [7, 11) is 1.57. The molecule has 2 aromatic carbocycles. The lowest BCUT2D eigenvalue weighted by Crippen LogP contribution is -2.41. The molecule has 0 spiro atoms. The van der Waals surface area contributed by atoms with Gasteiger partial charge in [0.25, 0.3) is 11.8 Å². The van der Waals surface area contributed by atoms with E-state index in [4.69, 9.17) is 9.47 Å². The van der Waals surface area contributed by atoms with E-state index in [0.717, 1.165) is 9.99 Å². The van der Waals surface area contributed by atoms with Gasteiger partial charge in [0.05, 0.1) is 22.9 Å². The Labute approximate surface area is 172 Å². The normalized spacial score (nSPS) is 10.4. The molecule has 0 saturated heterocycles. The molecule has 0 aromatic heterocycles. The molecule has 7 heteroatoms. The average Bonchev–Trinajstić information content (AvgIpc) is 2.65.